The summed E-state index contributed by atoms with van der Waals surface area (Å²) < 4.78 is 27.9. The third kappa shape index (κ3) is 3.22. The van der Waals surface area contributed by atoms with Gasteiger partial charge in [0.1, 0.15) is 4.90 Å². The van der Waals surface area contributed by atoms with Crippen molar-refractivity contribution in [2.45, 2.75) is 25.3 Å². The quantitative estimate of drug-likeness (QED) is 0.861. The number of anilines is 1. The highest BCUT2D eigenvalue weighted by Gasteiger charge is 2.20. The molecule has 0 atom stereocenters. The van der Waals surface area contributed by atoms with Crippen LogP contribution in [0.3, 0.4) is 0 Å². The predicted molar refractivity (Wildman–Crippen MR) is 86.6 cm³/mol. The summed E-state index contributed by atoms with van der Waals surface area (Å²) in [5.41, 5.74) is 8.25. The average molecular weight is 375 g/mol. The van der Waals surface area contributed by atoms with Crippen LogP contribution in [0.15, 0.2) is 32.9 Å². The highest BCUT2D eigenvalue weighted by Crippen LogP contribution is 2.32. The van der Waals surface area contributed by atoms with Crippen LogP contribution in [0.1, 0.15) is 16.0 Å². The SMILES string of the molecule is Cc1ccc(NS(=O)(=O)c2cc(CN)sc2Br)cc1C. The van der Waals surface area contributed by atoms with Crippen LogP contribution in [0.25, 0.3) is 0 Å². The fourth-order valence-electron chi connectivity index (χ4n) is 1.70. The molecule has 0 aliphatic carbocycles. The lowest BCUT2D eigenvalue weighted by Crippen LogP contribution is -2.12. The summed E-state index contributed by atoms with van der Waals surface area (Å²) in [5.74, 6) is 0. The molecule has 0 amide bonds. The average Bonchev–Trinajstić information content (AvgIpc) is 2.76. The number of thiophene rings is 1. The molecule has 0 aliphatic heterocycles. The third-order valence-corrected chi connectivity index (χ3v) is 6.61. The molecule has 20 heavy (non-hydrogen) atoms. The minimum absolute atomic E-state index is 0.223. The minimum atomic E-state index is -3.60. The largest absolute Gasteiger partial charge is 0.326 e. The summed E-state index contributed by atoms with van der Waals surface area (Å²) in [4.78, 5) is 1.04. The molecule has 1 heterocycles. The second kappa shape index (κ2) is 5.85. The second-order valence-electron chi connectivity index (χ2n) is 4.46. The van der Waals surface area contributed by atoms with Crippen molar-refractivity contribution in [3.05, 3.63) is 44.1 Å². The van der Waals surface area contributed by atoms with Gasteiger partial charge in [-0.2, -0.15) is 0 Å². The smallest absolute Gasteiger partial charge is 0.263 e. The van der Waals surface area contributed by atoms with Crippen molar-refractivity contribution in [2.24, 2.45) is 5.73 Å². The zero-order valence-corrected chi connectivity index (χ0v) is 14.3. The van der Waals surface area contributed by atoms with Gasteiger partial charge in [-0.15, -0.1) is 11.3 Å². The van der Waals surface area contributed by atoms with Gasteiger partial charge in [0.25, 0.3) is 10.0 Å². The van der Waals surface area contributed by atoms with E-state index in [2.05, 4.69) is 20.7 Å². The molecule has 1 aromatic heterocycles. The number of hydrogen-bond donors (Lipinski definition) is 2. The van der Waals surface area contributed by atoms with E-state index in [1.807, 2.05) is 26.0 Å². The lowest BCUT2D eigenvalue weighted by molar-refractivity contribution is 0.601. The standard InChI is InChI=1S/C13H15BrN2O2S2/c1-8-3-4-10(5-9(8)2)16-20(17,18)12-6-11(7-15)19-13(12)14/h3-6,16H,7,15H2,1-2H3. The summed E-state index contributed by atoms with van der Waals surface area (Å²) >= 11 is 4.61. The van der Waals surface area contributed by atoms with Crippen LogP contribution in [-0.2, 0) is 16.6 Å². The number of hydrogen-bond acceptors (Lipinski definition) is 4. The van der Waals surface area contributed by atoms with E-state index in [1.165, 1.54) is 11.3 Å². The van der Waals surface area contributed by atoms with E-state index >= 15 is 0 Å². The summed E-state index contributed by atoms with van der Waals surface area (Å²) in [5, 5.41) is 0. The van der Waals surface area contributed by atoms with Crippen LogP contribution in [0.2, 0.25) is 0 Å². The van der Waals surface area contributed by atoms with Gasteiger partial charge in [0, 0.05) is 17.1 Å². The lowest BCUT2D eigenvalue weighted by atomic mass is 10.1. The molecule has 0 radical (unpaired) electrons. The Bertz CT molecular complexity index is 739. The molecule has 1 aromatic carbocycles. The van der Waals surface area contributed by atoms with E-state index in [0.29, 0.717) is 16.0 Å². The van der Waals surface area contributed by atoms with E-state index in [-0.39, 0.29) is 4.90 Å². The number of halogens is 1. The van der Waals surface area contributed by atoms with Gasteiger partial charge in [0.15, 0.2) is 0 Å². The van der Waals surface area contributed by atoms with Gasteiger partial charge in [0.2, 0.25) is 0 Å². The number of nitrogens with one attached hydrogen (secondary N) is 1. The molecule has 2 aromatic rings. The first-order valence-corrected chi connectivity index (χ1v) is 9.01. The molecule has 4 nitrogen and oxygen atoms in total. The molecule has 0 aliphatic rings. The third-order valence-electron chi connectivity index (χ3n) is 2.96. The molecule has 2 rings (SSSR count). The molecule has 0 fully saturated rings. The van der Waals surface area contributed by atoms with E-state index in [1.54, 1.807) is 12.1 Å². The summed E-state index contributed by atoms with van der Waals surface area (Å²) in [6.07, 6.45) is 0. The van der Waals surface area contributed by atoms with Gasteiger partial charge in [-0.1, -0.05) is 6.07 Å². The molecular formula is C13H15BrN2O2S2. The van der Waals surface area contributed by atoms with Crippen molar-refractivity contribution in [3.8, 4) is 0 Å². The van der Waals surface area contributed by atoms with Crippen molar-refractivity contribution in [3.63, 3.8) is 0 Å². The molecule has 7 heteroatoms. The van der Waals surface area contributed by atoms with Gasteiger partial charge in [-0.05, 0) is 59.1 Å². The molecule has 0 saturated carbocycles. The maximum Gasteiger partial charge on any atom is 0.263 e. The van der Waals surface area contributed by atoms with E-state index in [0.717, 1.165) is 16.0 Å². The number of rotatable bonds is 4. The Morgan fingerprint density at radius 1 is 1.25 bits per heavy atom. The Hall–Kier alpha value is -0.890. The molecule has 0 bridgehead atoms. The van der Waals surface area contributed by atoms with Crippen LogP contribution in [0.4, 0.5) is 5.69 Å². The van der Waals surface area contributed by atoms with Crippen molar-refractivity contribution in [1.82, 2.24) is 0 Å². The van der Waals surface area contributed by atoms with Gasteiger partial charge in [0.05, 0.1) is 3.79 Å². The molecule has 108 valence electrons. The first kappa shape index (κ1) is 15.5. The predicted octanol–water partition coefficient (Wildman–Crippen LogP) is 3.39. The highest BCUT2D eigenvalue weighted by molar-refractivity contribution is 9.11. The monoisotopic (exact) mass is 374 g/mol. The van der Waals surface area contributed by atoms with Crippen LogP contribution in [0, 0.1) is 13.8 Å². The zero-order chi connectivity index (χ0) is 14.9. The van der Waals surface area contributed by atoms with Crippen LogP contribution in [-0.4, -0.2) is 8.42 Å². The summed E-state index contributed by atoms with van der Waals surface area (Å²) in [7, 11) is -3.60. The Balaban J connectivity index is 2.35. The molecule has 0 saturated heterocycles. The number of aryl methyl sites for hydroxylation is 2. The maximum atomic E-state index is 12.4. The number of sulfonamides is 1. The van der Waals surface area contributed by atoms with Crippen LogP contribution >= 0.6 is 27.3 Å². The Labute approximate surface area is 131 Å². The van der Waals surface area contributed by atoms with Gasteiger partial charge in [-0.3, -0.25) is 4.72 Å². The maximum absolute atomic E-state index is 12.4. The van der Waals surface area contributed by atoms with Crippen molar-refractivity contribution < 1.29 is 8.42 Å². The first-order chi connectivity index (χ1) is 9.33. The van der Waals surface area contributed by atoms with Crippen LogP contribution < -0.4 is 10.5 Å². The zero-order valence-electron chi connectivity index (χ0n) is 11.1. The molecule has 3 N–H and O–H groups in total. The lowest BCUT2D eigenvalue weighted by Gasteiger charge is -2.09. The molecular weight excluding hydrogens is 360 g/mol. The Kier molecular flexibility index (Phi) is 4.53. The fraction of sp³-hybridized carbons (Fsp3) is 0.231. The van der Waals surface area contributed by atoms with Crippen molar-refractivity contribution >= 4 is 43.0 Å². The topological polar surface area (TPSA) is 72.2 Å². The Morgan fingerprint density at radius 2 is 1.95 bits per heavy atom. The molecule has 0 unspecified atom stereocenters. The van der Waals surface area contributed by atoms with Crippen molar-refractivity contribution in [2.75, 3.05) is 4.72 Å². The second-order valence-corrected chi connectivity index (χ2v) is 8.56. The minimum Gasteiger partial charge on any atom is -0.326 e. The van der Waals surface area contributed by atoms with Gasteiger partial charge >= 0.3 is 0 Å². The summed E-state index contributed by atoms with van der Waals surface area (Å²) in [6, 6.07) is 7.06. The van der Waals surface area contributed by atoms with Gasteiger partial charge < -0.3 is 5.73 Å². The fourth-order valence-corrected chi connectivity index (χ4v) is 5.31. The first-order valence-electron chi connectivity index (χ1n) is 5.92. The highest BCUT2D eigenvalue weighted by atomic mass is 79.9. The number of benzene rings is 1. The molecule has 0 spiro atoms. The van der Waals surface area contributed by atoms with E-state index in [9.17, 15) is 8.42 Å². The van der Waals surface area contributed by atoms with E-state index < -0.39 is 10.0 Å². The van der Waals surface area contributed by atoms with Crippen LogP contribution in [0.5, 0.6) is 0 Å². The van der Waals surface area contributed by atoms with Crippen molar-refractivity contribution in [1.29, 1.82) is 0 Å². The number of nitrogens with two attached hydrogens (primary N) is 1. The normalized spacial score (nSPS) is 11.6. The van der Waals surface area contributed by atoms with E-state index in [4.69, 9.17) is 5.73 Å². The Morgan fingerprint density at radius 3 is 2.50 bits per heavy atom. The summed E-state index contributed by atoms with van der Waals surface area (Å²) in [6.45, 7) is 4.25. The van der Waals surface area contributed by atoms with Gasteiger partial charge in [-0.25, -0.2) is 8.42 Å².